The number of carbonyl (C=O) groups excluding carboxylic acids is 1. The Labute approximate surface area is 195 Å². The van der Waals surface area contributed by atoms with Crippen molar-refractivity contribution in [3.05, 3.63) is 12.0 Å². The summed E-state index contributed by atoms with van der Waals surface area (Å²) >= 11 is 0. The summed E-state index contributed by atoms with van der Waals surface area (Å²) in [5.74, 6) is 1.38. The van der Waals surface area contributed by atoms with E-state index in [2.05, 4.69) is 45.3 Å². The SMILES string of the molecule is CC.CC/C=C(\NC(C(C)=O)C1CCCCC1)OC(C)(CCC)NC.CCCCCC. The van der Waals surface area contributed by atoms with Crippen molar-refractivity contribution in [3.8, 4) is 0 Å². The Balaban J connectivity index is 0. The van der Waals surface area contributed by atoms with Crippen LogP contribution in [-0.4, -0.2) is 24.6 Å². The number of nitrogens with one attached hydrogen (secondary N) is 2. The van der Waals surface area contributed by atoms with Crippen LogP contribution in [0, 0.1) is 5.92 Å². The summed E-state index contributed by atoms with van der Waals surface area (Å²) in [7, 11) is 1.92. The first-order valence-electron chi connectivity index (χ1n) is 13.2. The minimum Gasteiger partial charge on any atom is -0.459 e. The van der Waals surface area contributed by atoms with Crippen LogP contribution in [0.3, 0.4) is 0 Å². The van der Waals surface area contributed by atoms with Crippen LogP contribution >= 0.6 is 0 Å². The lowest BCUT2D eigenvalue weighted by atomic mass is 9.82. The Morgan fingerprint density at radius 1 is 1.03 bits per heavy atom. The maximum absolute atomic E-state index is 12.2. The standard InChI is InChI=1S/C19H36N2O2.C6H14.C2H6/c1-6-11-17(23-19(4,20-5)14-7-2)21-18(15(3)22)16-12-9-8-10-13-16;1-3-5-6-4-2;1-2/h11,16,18,20-21H,6-10,12-14H2,1-5H3;3-6H2,1-2H3;1-2H3/b17-11+;;. The fourth-order valence-corrected chi connectivity index (χ4v) is 3.93. The van der Waals surface area contributed by atoms with Gasteiger partial charge in [-0.3, -0.25) is 10.1 Å². The molecule has 0 spiro atoms. The van der Waals surface area contributed by atoms with Crippen molar-refractivity contribution >= 4 is 5.78 Å². The van der Waals surface area contributed by atoms with E-state index in [0.29, 0.717) is 5.92 Å². The van der Waals surface area contributed by atoms with Gasteiger partial charge in [0.2, 0.25) is 0 Å². The predicted molar refractivity (Wildman–Crippen MR) is 137 cm³/mol. The van der Waals surface area contributed by atoms with Crippen molar-refractivity contribution in [2.24, 2.45) is 5.92 Å². The molecule has 31 heavy (non-hydrogen) atoms. The number of rotatable bonds is 13. The lowest BCUT2D eigenvalue weighted by molar-refractivity contribution is -0.121. The summed E-state index contributed by atoms with van der Waals surface area (Å²) in [4.78, 5) is 12.2. The van der Waals surface area contributed by atoms with Crippen molar-refractivity contribution in [2.45, 2.75) is 144 Å². The first-order valence-corrected chi connectivity index (χ1v) is 13.2. The van der Waals surface area contributed by atoms with Crippen molar-refractivity contribution in [1.29, 1.82) is 0 Å². The van der Waals surface area contributed by atoms with E-state index in [1.807, 2.05) is 27.0 Å². The Hall–Kier alpha value is -1.03. The van der Waals surface area contributed by atoms with E-state index in [1.54, 1.807) is 6.92 Å². The number of ether oxygens (including phenoxy) is 1. The van der Waals surface area contributed by atoms with Gasteiger partial charge < -0.3 is 10.1 Å². The number of ketones is 1. The molecule has 2 atom stereocenters. The second kappa shape index (κ2) is 20.8. The maximum atomic E-state index is 12.2. The zero-order valence-electron chi connectivity index (χ0n) is 22.5. The molecule has 0 aromatic heterocycles. The average molecular weight is 441 g/mol. The zero-order chi connectivity index (χ0) is 24.1. The molecule has 1 aliphatic carbocycles. The van der Waals surface area contributed by atoms with Gasteiger partial charge in [0.15, 0.2) is 17.4 Å². The third-order valence-electron chi connectivity index (χ3n) is 5.79. The third kappa shape index (κ3) is 15.4. The molecule has 0 amide bonds. The van der Waals surface area contributed by atoms with Crippen LogP contribution in [0.1, 0.15) is 132 Å². The number of carbonyl (C=O) groups is 1. The van der Waals surface area contributed by atoms with E-state index < -0.39 is 5.72 Å². The normalized spacial score (nSPS) is 17.3. The van der Waals surface area contributed by atoms with Crippen LogP contribution < -0.4 is 10.6 Å². The predicted octanol–water partition coefficient (Wildman–Crippen LogP) is 7.73. The molecule has 0 aromatic rings. The molecule has 0 aromatic carbocycles. The van der Waals surface area contributed by atoms with Gasteiger partial charge in [0.25, 0.3) is 0 Å². The number of Topliss-reactive ketones (excluding diaryl/α,β-unsaturated/α-hetero) is 1. The average Bonchev–Trinajstić information content (AvgIpc) is 2.78. The first-order chi connectivity index (χ1) is 14.9. The lowest BCUT2D eigenvalue weighted by Gasteiger charge is -2.35. The first kappa shape index (κ1) is 32.2. The molecular formula is C27H56N2O2. The second-order valence-electron chi connectivity index (χ2n) is 8.65. The topological polar surface area (TPSA) is 50.4 Å². The molecule has 0 radical (unpaired) electrons. The highest BCUT2D eigenvalue weighted by Crippen LogP contribution is 2.28. The van der Waals surface area contributed by atoms with Crippen LogP contribution in [0.25, 0.3) is 0 Å². The molecule has 1 rings (SSSR count). The summed E-state index contributed by atoms with van der Waals surface area (Å²) in [5.41, 5.74) is -0.406. The van der Waals surface area contributed by atoms with E-state index >= 15 is 0 Å². The van der Waals surface area contributed by atoms with Gasteiger partial charge in [-0.15, -0.1) is 0 Å². The lowest BCUT2D eigenvalue weighted by Crippen LogP contribution is -2.48. The number of hydrogen-bond donors (Lipinski definition) is 2. The molecule has 4 nitrogen and oxygen atoms in total. The summed E-state index contributed by atoms with van der Waals surface area (Å²) in [6.45, 7) is 16.5. The van der Waals surface area contributed by atoms with Crippen molar-refractivity contribution in [1.82, 2.24) is 10.6 Å². The third-order valence-corrected chi connectivity index (χ3v) is 5.79. The van der Waals surface area contributed by atoms with Crippen molar-refractivity contribution < 1.29 is 9.53 Å². The van der Waals surface area contributed by atoms with Crippen LogP contribution in [0.5, 0.6) is 0 Å². The molecule has 2 unspecified atom stereocenters. The highest BCUT2D eigenvalue weighted by atomic mass is 16.5. The Bertz CT molecular complexity index is 441. The molecule has 0 bridgehead atoms. The summed E-state index contributed by atoms with van der Waals surface area (Å²) in [5, 5.41) is 6.68. The van der Waals surface area contributed by atoms with Gasteiger partial charge in [0, 0.05) is 6.42 Å². The monoisotopic (exact) mass is 440 g/mol. The molecule has 1 saturated carbocycles. The molecule has 1 aliphatic rings. The van der Waals surface area contributed by atoms with Gasteiger partial charge in [-0.05, 0) is 52.2 Å². The van der Waals surface area contributed by atoms with Gasteiger partial charge in [-0.25, -0.2) is 0 Å². The van der Waals surface area contributed by atoms with Crippen LogP contribution in [0.2, 0.25) is 0 Å². The minimum atomic E-state index is -0.406. The van der Waals surface area contributed by atoms with Gasteiger partial charge in [0.05, 0.1) is 6.04 Å². The molecule has 186 valence electrons. The fraction of sp³-hybridized carbons (Fsp3) is 0.889. The molecule has 0 saturated heterocycles. The number of hydrogen-bond acceptors (Lipinski definition) is 4. The molecule has 4 heteroatoms. The van der Waals surface area contributed by atoms with Gasteiger partial charge in [-0.2, -0.15) is 0 Å². The quantitative estimate of drug-likeness (QED) is 0.175. The summed E-state index contributed by atoms with van der Waals surface area (Å²) in [6.07, 6.45) is 16.4. The van der Waals surface area contributed by atoms with E-state index in [1.165, 1.54) is 44.9 Å². The molecular weight excluding hydrogens is 384 g/mol. The Morgan fingerprint density at radius 3 is 1.97 bits per heavy atom. The van der Waals surface area contributed by atoms with Crippen LogP contribution in [0.4, 0.5) is 0 Å². The van der Waals surface area contributed by atoms with Gasteiger partial charge in [-0.1, -0.05) is 92.9 Å². The van der Waals surface area contributed by atoms with Crippen LogP contribution in [-0.2, 0) is 9.53 Å². The van der Waals surface area contributed by atoms with E-state index in [-0.39, 0.29) is 11.8 Å². The second-order valence-corrected chi connectivity index (χ2v) is 8.65. The van der Waals surface area contributed by atoms with Crippen LogP contribution in [0.15, 0.2) is 12.0 Å². The smallest absolute Gasteiger partial charge is 0.185 e. The molecule has 0 aliphatic heterocycles. The summed E-state index contributed by atoms with van der Waals surface area (Å²) in [6, 6.07) is -0.129. The Morgan fingerprint density at radius 2 is 1.58 bits per heavy atom. The fourth-order valence-electron chi connectivity index (χ4n) is 3.93. The highest BCUT2D eigenvalue weighted by molar-refractivity contribution is 5.82. The van der Waals surface area contributed by atoms with Crippen molar-refractivity contribution in [3.63, 3.8) is 0 Å². The Kier molecular flexibility index (Phi) is 21.6. The molecule has 0 heterocycles. The highest BCUT2D eigenvalue weighted by Gasteiger charge is 2.30. The van der Waals surface area contributed by atoms with Gasteiger partial charge >= 0.3 is 0 Å². The molecule has 1 fully saturated rings. The molecule has 2 N–H and O–H groups in total. The summed E-state index contributed by atoms with van der Waals surface area (Å²) < 4.78 is 6.23. The zero-order valence-corrected chi connectivity index (χ0v) is 22.5. The minimum absolute atomic E-state index is 0.129. The number of allylic oxidation sites excluding steroid dienone is 1. The van der Waals surface area contributed by atoms with E-state index in [9.17, 15) is 4.79 Å². The largest absolute Gasteiger partial charge is 0.459 e. The van der Waals surface area contributed by atoms with Gasteiger partial charge in [0.1, 0.15) is 0 Å². The maximum Gasteiger partial charge on any atom is 0.185 e. The van der Waals surface area contributed by atoms with E-state index in [4.69, 9.17) is 4.74 Å². The number of unbranched alkanes of at least 4 members (excludes halogenated alkanes) is 3. The van der Waals surface area contributed by atoms with E-state index in [0.717, 1.165) is 38.0 Å². The van der Waals surface area contributed by atoms with Crippen molar-refractivity contribution in [2.75, 3.05) is 7.05 Å².